The first-order valence-corrected chi connectivity index (χ1v) is 5.23. The molecular weight excluding hydrogens is 219 g/mol. The van der Waals surface area contributed by atoms with E-state index in [1.807, 2.05) is 6.07 Å². The normalized spacial score (nSPS) is 10.2. The van der Waals surface area contributed by atoms with Crippen molar-refractivity contribution in [3.8, 4) is 0 Å². The summed E-state index contributed by atoms with van der Waals surface area (Å²) in [7, 11) is 0. The number of anilines is 2. The van der Waals surface area contributed by atoms with Crippen LogP contribution in [0.2, 0.25) is 0 Å². The van der Waals surface area contributed by atoms with Crippen molar-refractivity contribution in [2.45, 2.75) is 13.5 Å². The standard InChI is InChI=1S/C12H13FN4/c1-8-16-11(14)6-12(17-8)15-7-9-3-2-4-10(13)5-9/h2-6H,7H2,1H3,(H3,14,15,16,17). The predicted molar refractivity (Wildman–Crippen MR) is 64.9 cm³/mol. The second-order valence-corrected chi connectivity index (χ2v) is 3.71. The Labute approximate surface area is 98.7 Å². The van der Waals surface area contributed by atoms with Gasteiger partial charge < -0.3 is 11.1 Å². The Morgan fingerprint density at radius 3 is 2.82 bits per heavy atom. The van der Waals surface area contributed by atoms with E-state index in [-0.39, 0.29) is 5.82 Å². The average molecular weight is 232 g/mol. The maximum Gasteiger partial charge on any atom is 0.132 e. The van der Waals surface area contributed by atoms with Crippen molar-refractivity contribution in [3.63, 3.8) is 0 Å². The zero-order valence-electron chi connectivity index (χ0n) is 9.44. The van der Waals surface area contributed by atoms with Crippen molar-refractivity contribution in [2.24, 2.45) is 0 Å². The lowest BCUT2D eigenvalue weighted by Gasteiger charge is -2.07. The van der Waals surface area contributed by atoms with Crippen LogP contribution in [0.1, 0.15) is 11.4 Å². The van der Waals surface area contributed by atoms with Crippen molar-refractivity contribution < 1.29 is 4.39 Å². The lowest BCUT2D eigenvalue weighted by Crippen LogP contribution is -2.05. The minimum absolute atomic E-state index is 0.248. The highest BCUT2D eigenvalue weighted by molar-refractivity contribution is 5.44. The first-order valence-electron chi connectivity index (χ1n) is 5.23. The molecule has 17 heavy (non-hydrogen) atoms. The number of nitrogens with one attached hydrogen (secondary N) is 1. The van der Waals surface area contributed by atoms with Crippen LogP contribution in [-0.2, 0) is 6.54 Å². The second kappa shape index (κ2) is 4.78. The first-order chi connectivity index (χ1) is 8.13. The summed E-state index contributed by atoms with van der Waals surface area (Å²) >= 11 is 0. The smallest absolute Gasteiger partial charge is 0.132 e. The molecule has 0 saturated carbocycles. The van der Waals surface area contributed by atoms with Crippen LogP contribution in [0.4, 0.5) is 16.0 Å². The molecule has 5 heteroatoms. The number of hydrogen-bond donors (Lipinski definition) is 2. The van der Waals surface area contributed by atoms with Gasteiger partial charge >= 0.3 is 0 Å². The molecule has 0 saturated heterocycles. The van der Waals surface area contributed by atoms with Crippen LogP contribution in [0.25, 0.3) is 0 Å². The Morgan fingerprint density at radius 2 is 2.12 bits per heavy atom. The van der Waals surface area contributed by atoms with Gasteiger partial charge in [-0.3, -0.25) is 0 Å². The van der Waals surface area contributed by atoms with Gasteiger partial charge in [0, 0.05) is 12.6 Å². The number of halogens is 1. The van der Waals surface area contributed by atoms with Gasteiger partial charge in [0.2, 0.25) is 0 Å². The number of nitrogen functional groups attached to an aromatic ring is 1. The number of rotatable bonds is 3. The van der Waals surface area contributed by atoms with Gasteiger partial charge in [0.15, 0.2) is 0 Å². The Balaban J connectivity index is 2.07. The van der Waals surface area contributed by atoms with E-state index in [4.69, 9.17) is 5.73 Å². The van der Waals surface area contributed by atoms with Crippen LogP contribution in [0, 0.1) is 12.7 Å². The molecule has 1 aromatic heterocycles. The van der Waals surface area contributed by atoms with E-state index in [0.717, 1.165) is 5.56 Å². The minimum atomic E-state index is -0.248. The fraction of sp³-hybridized carbons (Fsp3) is 0.167. The molecule has 0 aliphatic heterocycles. The molecule has 0 unspecified atom stereocenters. The van der Waals surface area contributed by atoms with Gasteiger partial charge in [-0.1, -0.05) is 12.1 Å². The number of nitrogens with two attached hydrogens (primary N) is 1. The topological polar surface area (TPSA) is 63.8 Å². The number of aromatic nitrogens is 2. The molecule has 3 N–H and O–H groups in total. The van der Waals surface area contributed by atoms with Crippen LogP contribution in [0.3, 0.4) is 0 Å². The molecule has 2 rings (SSSR count). The zero-order chi connectivity index (χ0) is 12.3. The monoisotopic (exact) mass is 232 g/mol. The lowest BCUT2D eigenvalue weighted by atomic mass is 10.2. The van der Waals surface area contributed by atoms with Crippen molar-refractivity contribution in [3.05, 3.63) is 47.5 Å². The van der Waals surface area contributed by atoms with Crippen LogP contribution in [0.15, 0.2) is 30.3 Å². The second-order valence-electron chi connectivity index (χ2n) is 3.71. The Bertz CT molecular complexity index is 507. The molecule has 0 aliphatic carbocycles. The summed E-state index contributed by atoms with van der Waals surface area (Å²) in [5.74, 6) is 1.41. The van der Waals surface area contributed by atoms with Gasteiger partial charge in [-0.05, 0) is 24.6 Å². The summed E-state index contributed by atoms with van der Waals surface area (Å²) in [6, 6.07) is 8.05. The molecule has 4 nitrogen and oxygen atoms in total. The zero-order valence-corrected chi connectivity index (χ0v) is 9.44. The Morgan fingerprint density at radius 1 is 1.29 bits per heavy atom. The molecule has 0 aliphatic rings. The van der Waals surface area contributed by atoms with E-state index < -0.39 is 0 Å². The van der Waals surface area contributed by atoms with Crippen LogP contribution >= 0.6 is 0 Å². The average Bonchev–Trinajstić information content (AvgIpc) is 2.25. The summed E-state index contributed by atoms with van der Waals surface area (Å²) in [6.45, 7) is 2.26. The maximum atomic E-state index is 12.9. The molecular formula is C12H13FN4. The van der Waals surface area contributed by atoms with Crippen LogP contribution in [0.5, 0.6) is 0 Å². The quantitative estimate of drug-likeness (QED) is 0.850. The van der Waals surface area contributed by atoms with E-state index in [0.29, 0.717) is 24.0 Å². The fourth-order valence-electron chi connectivity index (χ4n) is 1.52. The van der Waals surface area contributed by atoms with E-state index in [1.54, 1.807) is 19.1 Å². The highest BCUT2D eigenvalue weighted by atomic mass is 19.1. The number of hydrogen-bond acceptors (Lipinski definition) is 4. The molecule has 2 aromatic rings. The predicted octanol–water partition coefficient (Wildman–Crippen LogP) is 2.12. The van der Waals surface area contributed by atoms with Crippen molar-refractivity contribution in [2.75, 3.05) is 11.1 Å². The maximum absolute atomic E-state index is 12.9. The third-order valence-electron chi connectivity index (χ3n) is 2.22. The summed E-state index contributed by atoms with van der Waals surface area (Å²) in [4.78, 5) is 8.15. The fourth-order valence-corrected chi connectivity index (χ4v) is 1.52. The number of nitrogens with zero attached hydrogens (tertiary/aromatic N) is 2. The molecule has 88 valence electrons. The van der Waals surface area contributed by atoms with Crippen LogP contribution < -0.4 is 11.1 Å². The highest BCUT2D eigenvalue weighted by Gasteiger charge is 2.00. The number of benzene rings is 1. The van der Waals surface area contributed by atoms with Gasteiger partial charge in [-0.15, -0.1) is 0 Å². The minimum Gasteiger partial charge on any atom is -0.384 e. The van der Waals surface area contributed by atoms with Crippen LogP contribution in [-0.4, -0.2) is 9.97 Å². The SMILES string of the molecule is Cc1nc(N)cc(NCc2cccc(F)c2)n1. The summed E-state index contributed by atoms with van der Waals surface area (Å²) in [6.07, 6.45) is 0. The van der Waals surface area contributed by atoms with Gasteiger partial charge in [0.25, 0.3) is 0 Å². The van der Waals surface area contributed by atoms with E-state index in [2.05, 4.69) is 15.3 Å². The molecule has 1 heterocycles. The largest absolute Gasteiger partial charge is 0.384 e. The molecule has 0 spiro atoms. The van der Waals surface area contributed by atoms with Gasteiger partial charge in [0.1, 0.15) is 23.3 Å². The van der Waals surface area contributed by atoms with E-state index in [9.17, 15) is 4.39 Å². The first kappa shape index (κ1) is 11.3. The van der Waals surface area contributed by atoms with E-state index in [1.165, 1.54) is 12.1 Å². The van der Waals surface area contributed by atoms with Crippen molar-refractivity contribution in [1.82, 2.24) is 9.97 Å². The molecule has 0 fully saturated rings. The van der Waals surface area contributed by atoms with Crippen molar-refractivity contribution in [1.29, 1.82) is 0 Å². The Kier molecular flexibility index (Phi) is 3.18. The lowest BCUT2D eigenvalue weighted by molar-refractivity contribution is 0.626. The van der Waals surface area contributed by atoms with Gasteiger partial charge in [-0.2, -0.15) is 0 Å². The molecule has 0 bridgehead atoms. The molecule has 0 atom stereocenters. The third kappa shape index (κ3) is 3.14. The van der Waals surface area contributed by atoms with E-state index >= 15 is 0 Å². The summed E-state index contributed by atoms with van der Waals surface area (Å²) in [5.41, 5.74) is 6.45. The van der Waals surface area contributed by atoms with Gasteiger partial charge in [0.05, 0.1) is 0 Å². The summed E-state index contributed by atoms with van der Waals surface area (Å²) < 4.78 is 12.9. The molecule has 1 aromatic carbocycles. The van der Waals surface area contributed by atoms with Crippen molar-refractivity contribution >= 4 is 11.6 Å². The summed E-state index contributed by atoms with van der Waals surface area (Å²) in [5, 5.41) is 3.07. The Hall–Kier alpha value is -2.17. The number of aryl methyl sites for hydroxylation is 1. The van der Waals surface area contributed by atoms with Gasteiger partial charge in [-0.25, -0.2) is 14.4 Å². The molecule has 0 radical (unpaired) electrons. The third-order valence-corrected chi connectivity index (χ3v) is 2.22. The molecule has 0 amide bonds. The highest BCUT2D eigenvalue weighted by Crippen LogP contribution is 2.10.